The average Bonchev–Trinajstić information content (AvgIpc) is 3.09. The number of aliphatic hydroxyl groups is 4. The van der Waals surface area contributed by atoms with Gasteiger partial charge in [-0.05, 0) is 106 Å². The van der Waals surface area contributed by atoms with Crippen molar-refractivity contribution in [2.75, 3.05) is 26.7 Å². The fourth-order valence-electron chi connectivity index (χ4n) is 5.23. The molecular formula is C37H67N5O14. The summed E-state index contributed by atoms with van der Waals surface area (Å²) in [6, 6.07) is -2.13. The third kappa shape index (κ3) is 22.6. The van der Waals surface area contributed by atoms with Gasteiger partial charge in [-0.3, -0.25) is 19.2 Å². The molecule has 0 saturated heterocycles. The molecule has 0 rings (SSSR count). The lowest BCUT2D eigenvalue weighted by atomic mass is 9.90. The molecule has 0 aliphatic carbocycles. The van der Waals surface area contributed by atoms with Gasteiger partial charge in [0.25, 0.3) is 5.91 Å². The number of hydrogen-bond donors (Lipinski definition) is 9. The lowest BCUT2D eigenvalue weighted by Gasteiger charge is -2.25. The van der Waals surface area contributed by atoms with Gasteiger partial charge in [-0.25, -0.2) is 14.4 Å². The Kier molecular flexibility index (Phi) is 24.3. The molecule has 7 unspecified atom stereocenters. The Morgan fingerprint density at radius 2 is 1.12 bits per heavy atom. The molecule has 0 aromatic rings. The molecule has 19 heteroatoms. The first-order valence-electron chi connectivity index (χ1n) is 19.0. The van der Waals surface area contributed by atoms with Crippen molar-refractivity contribution in [1.82, 2.24) is 21.3 Å². The van der Waals surface area contributed by atoms with Crippen molar-refractivity contribution < 1.29 is 68.2 Å². The first-order valence-corrected chi connectivity index (χ1v) is 19.0. The summed E-state index contributed by atoms with van der Waals surface area (Å²) in [5.74, 6) is -4.72. The van der Waals surface area contributed by atoms with Gasteiger partial charge >= 0.3 is 18.2 Å². The fourth-order valence-corrected chi connectivity index (χ4v) is 5.23. The predicted octanol–water partition coefficient (Wildman–Crippen LogP) is 0.256. The van der Waals surface area contributed by atoms with Gasteiger partial charge in [0.1, 0.15) is 35.6 Å². The molecule has 0 radical (unpaired) electrons. The van der Waals surface area contributed by atoms with E-state index in [0.717, 1.165) is 14.0 Å². The summed E-state index contributed by atoms with van der Waals surface area (Å²) < 4.78 is 15.5. The Balaban J connectivity index is 5.75. The number of carbonyl (C=O) groups excluding carboxylic acids is 7. The van der Waals surface area contributed by atoms with E-state index in [1.54, 1.807) is 41.5 Å². The van der Waals surface area contributed by atoms with E-state index in [0.29, 0.717) is 32.2 Å². The minimum absolute atomic E-state index is 0.0470. The topological polar surface area (TPSA) is 302 Å². The Labute approximate surface area is 329 Å². The van der Waals surface area contributed by atoms with Crippen molar-refractivity contribution in [1.29, 1.82) is 0 Å². The summed E-state index contributed by atoms with van der Waals surface area (Å²) in [5.41, 5.74) is 4.12. The van der Waals surface area contributed by atoms with Crippen LogP contribution in [-0.4, -0.2) is 136 Å². The molecule has 7 atom stereocenters. The van der Waals surface area contributed by atoms with Crippen molar-refractivity contribution >= 4 is 41.5 Å². The highest BCUT2D eigenvalue weighted by Crippen LogP contribution is 2.19. The van der Waals surface area contributed by atoms with Crippen molar-refractivity contribution in [3.8, 4) is 0 Å². The van der Waals surface area contributed by atoms with Crippen LogP contribution in [0.25, 0.3) is 0 Å². The summed E-state index contributed by atoms with van der Waals surface area (Å²) >= 11 is 0. The molecule has 56 heavy (non-hydrogen) atoms. The SMILES string of the molecule is COC(=O)C(CCCCNC(=O)C(O)C(O)C(O)C(O)C(C)=O)NC(=O)C(CCCCNC(=O)OC(C)(C)C)CC(=O)C(CCCCN)NC(=O)OC(C)(C)C. The second-order valence-electron chi connectivity index (χ2n) is 15.6. The molecule has 0 aliphatic heterocycles. The Hall–Kier alpha value is -3.91. The van der Waals surface area contributed by atoms with Crippen molar-refractivity contribution in [2.24, 2.45) is 11.7 Å². The number of nitrogens with two attached hydrogens (primary N) is 1. The Morgan fingerprint density at radius 1 is 0.625 bits per heavy atom. The lowest BCUT2D eigenvalue weighted by Crippen LogP contribution is -2.52. The minimum atomic E-state index is -2.16. The molecule has 4 amide bonds. The zero-order chi connectivity index (χ0) is 43.2. The molecule has 0 heterocycles. The van der Waals surface area contributed by atoms with Crippen molar-refractivity contribution in [3.63, 3.8) is 0 Å². The quantitative estimate of drug-likeness (QED) is 0.0322. The molecule has 0 saturated carbocycles. The number of amides is 4. The van der Waals surface area contributed by atoms with Gasteiger partial charge in [0.15, 0.2) is 17.7 Å². The van der Waals surface area contributed by atoms with E-state index in [1.807, 2.05) is 0 Å². The zero-order valence-electron chi connectivity index (χ0n) is 34.2. The normalized spacial score (nSPS) is 15.4. The van der Waals surface area contributed by atoms with Crippen LogP contribution < -0.4 is 27.0 Å². The number of nitrogens with one attached hydrogen (secondary N) is 4. The van der Waals surface area contributed by atoms with Gasteiger partial charge in [0, 0.05) is 25.4 Å². The standard InChI is InChI=1S/C37H67N5O14/c1-22(43)27(45)28(46)29(47)30(48)32(50)39-19-14-11-17-25(33(51)54-8)41-31(49)23(15-10-13-20-40-34(52)55-36(2,3)4)21-26(44)24(16-9-12-18-38)42-35(53)56-37(5,6)7/h23-25,27-30,45-48H,9-21,38H2,1-8H3,(H,39,50)(H,40,52)(H,41,49)(H,42,53). The smallest absolute Gasteiger partial charge is 0.408 e. The van der Waals surface area contributed by atoms with E-state index in [-0.39, 0.29) is 51.6 Å². The van der Waals surface area contributed by atoms with Crippen LogP contribution in [0.4, 0.5) is 9.59 Å². The molecule has 0 aliphatic rings. The van der Waals surface area contributed by atoms with E-state index < -0.39 is 95.2 Å². The molecule has 324 valence electrons. The molecule has 10 N–H and O–H groups in total. The van der Waals surface area contributed by atoms with Crippen LogP contribution in [0.1, 0.15) is 113 Å². The highest BCUT2D eigenvalue weighted by atomic mass is 16.6. The molecule has 0 aromatic carbocycles. The second-order valence-corrected chi connectivity index (χ2v) is 15.6. The minimum Gasteiger partial charge on any atom is -0.467 e. The number of carbonyl (C=O) groups is 7. The highest BCUT2D eigenvalue weighted by molar-refractivity contribution is 5.93. The van der Waals surface area contributed by atoms with Gasteiger partial charge < -0.3 is 61.6 Å². The molecule has 0 spiro atoms. The highest BCUT2D eigenvalue weighted by Gasteiger charge is 2.36. The number of alkyl carbamates (subject to hydrolysis) is 2. The predicted molar refractivity (Wildman–Crippen MR) is 203 cm³/mol. The van der Waals surface area contributed by atoms with Crippen LogP contribution in [0.3, 0.4) is 0 Å². The van der Waals surface area contributed by atoms with Gasteiger partial charge in [-0.2, -0.15) is 0 Å². The summed E-state index contributed by atoms with van der Waals surface area (Å²) in [4.78, 5) is 88.3. The van der Waals surface area contributed by atoms with Crippen molar-refractivity contribution in [2.45, 2.75) is 160 Å². The van der Waals surface area contributed by atoms with Crippen LogP contribution in [0.15, 0.2) is 0 Å². The van der Waals surface area contributed by atoms with E-state index in [4.69, 9.17) is 19.9 Å². The maximum atomic E-state index is 13.7. The van der Waals surface area contributed by atoms with Gasteiger partial charge in [-0.15, -0.1) is 0 Å². The van der Waals surface area contributed by atoms with Crippen LogP contribution in [0.5, 0.6) is 0 Å². The third-order valence-corrected chi connectivity index (χ3v) is 8.20. The number of ether oxygens (including phenoxy) is 3. The van der Waals surface area contributed by atoms with Crippen molar-refractivity contribution in [3.05, 3.63) is 0 Å². The summed E-state index contributed by atoms with van der Waals surface area (Å²) in [6.45, 7) is 11.7. The molecule has 0 aromatic heterocycles. The number of rotatable bonds is 26. The monoisotopic (exact) mass is 805 g/mol. The van der Waals surface area contributed by atoms with Gasteiger partial charge in [0.05, 0.1) is 13.2 Å². The number of Topliss-reactive ketones (excluding diaryl/α,β-unsaturated/α-hetero) is 2. The number of hydrogen-bond acceptors (Lipinski definition) is 15. The lowest BCUT2D eigenvalue weighted by molar-refractivity contribution is -0.153. The van der Waals surface area contributed by atoms with Gasteiger partial charge in [-0.1, -0.05) is 6.42 Å². The van der Waals surface area contributed by atoms with Crippen LogP contribution in [0, 0.1) is 5.92 Å². The number of unbranched alkanes of at least 4 members (excludes halogenated alkanes) is 3. The molecule has 0 fully saturated rings. The largest absolute Gasteiger partial charge is 0.467 e. The van der Waals surface area contributed by atoms with E-state index in [9.17, 15) is 54.0 Å². The van der Waals surface area contributed by atoms with Gasteiger partial charge in [0.2, 0.25) is 5.91 Å². The maximum Gasteiger partial charge on any atom is 0.408 e. The van der Waals surface area contributed by atoms with Crippen LogP contribution >= 0.6 is 0 Å². The first kappa shape index (κ1) is 52.1. The Morgan fingerprint density at radius 3 is 1.66 bits per heavy atom. The fraction of sp³-hybridized carbons (Fsp3) is 0.811. The Bertz CT molecular complexity index is 1270. The summed E-state index contributed by atoms with van der Waals surface area (Å²) in [6.07, 6.45) is -7.22. The number of aliphatic hydroxyl groups excluding tert-OH is 4. The van der Waals surface area contributed by atoms with Crippen LogP contribution in [0.2, 0.25) is 0 Å². The summed E-state index contributed by atoms with van der Waals surface area (Å²) in [7, 11) is 1.14. The zero-order valence-corrected chi connectivity index (χ0v) is 34.2. The first-order chi connectivity index (χ1) is 25.9. The van der Waals surface area contributed by atoms with E-state index in [2.05, 4.69) is 21.3 Å². The molecule has 0 bridgehead atoms. The van der Waals surface area contributed by atoms with E-state index >= 15 is 0 Å². The number of methoxy groups -OCH3 is 1. The number of esters is 1. The summed E-state index contributed by atoms with van der Waals surface area (Å²) in [5, 5.41) is 49.8. The van der Waals surface area contributed by atoms with Crippen LogP contribution in [-0.2, 0) is 38.2 Å². The van der Waals surface area contributed by atoms with E-state index in [1.165, 1.54) is 0 Å². The molecular weight excluding hydrogens is 738 g/mol. The second kappa shape index (κ2) is 26.1. The maximum absolute atomic E-state index is 13.7. The number of ketones is 2. The average molecular weight is 806 g/mol. The molecule has 19 nitrogen and oxygen atoms in total. The third-order valence-electron chi connectivity index (χ3n) is 8.20.